The molecule has 0 spiro atoms. The first-order chi connectivity index (χ1) is 11.7. The summed E-state index contributed by atoms with van der Waals surface area (Å²) in [4.78, 5) is 20.5. The molecule has 0 fully saturated rings. The number of pyridine rings is 1. The number of halogens is 1. The van der Waals surface area contributed by atoms with Gasteiger partial charge in [-0.3, -0.25) is 9.78 Å². The first-order valence-corrected chi connectivity index (χ1v) is 8.07. The van der Waals surface area contributed by atoms with Crippen LogP contribution in [0, 0.1) is 5.82 Å². The first-order valence-electron chi connectivity index (χ1n) is 7.19. The van der Waals surface area contributed by atoms with E-state index in [1.807, 2.05) is 6.07 Å². The lowest BCUT2D eigenvalue weighted by atomic mass is 10.1. The molecule has 0 atom stereocenters. The van der Waals surface area contributed by atoms with Crippen LogP contribution >= 0.6 is 11.3 Å². The second kappa shape index (κ2) is 7.29. The van der Waals surface area contributed by atoms with Crippen molar-refractivity contribution in [3.05, 3.63) is 75.8 Å². The topological polar surface area (TPSA) is 75.1 Å². The summed E-state index contributed by atoms with van der Waals surface area (Å²) in [6.07, 6.45) is 3.48. The van der Waals surface area contributed by atoms with E-state index in [4.69, 9.17) is 0 Å². The molecule has 0 aliphatic rings. The summed E-state index contributed by atoms with van der Waals surface area (Å²) in [6, 6.07) is 7.92. The van der Waals surface area contributed by atoms with Gasteiger partial charge in [-0.2, -0.15) is 0 Å². The van der Waals surface area contributed by atoms with Crippen LogP contribution in [0.5, 0.6) is 0 Å². The molecule has 1 aromatic carbocycles. The zero-order chi connectivity index (χ0) is 16.9. The van der Waals surface area contributed by atoms with E-state index in [9.17, 15) is 14.3 Å². The van der Waals surface area contributed by atoms with Crippen molar-refractivity contribution in [3.8, 4) is 0 Å². The highest BCUT2D eigenvalue weighted by molar-refractivity contribution is 7.09. The lowest BCUT2D eigenvalue weighted by molar-refractivity contribution is 0.102. The largest absolute Gasteiger partial charge is 0.392 e. The van der Waals surface area contributed by atoms with Crippen molar-refractivity contribution >= 4 is 22.9 Å². The van der Waals surface area contributed by atoms with E-state index in [0.717, 1.165) is 10.6 Å². The number of thiazole rings is 1. The fraction of sp³-hybridized carbons (Fsp3) is 0.118. The van der Waals surface area contributed by atoms with E-state index in [1.54, 1.807) is 23.7 Å². The zero-order valence-electron chi connectivity index (χ0n) is 12.6. The molecule has 2 heterocycles. The minimum absolute atomic E-state index is 0.194. The number of nitrogens with one attached hydrogen (secondary N) is 1. The van der Waals surface area contributed by atoms with Crippen LogP contribution in [-0.2, 0) is 13.0 Å². The van der Waals surface area contributed by atoms with Gasteiger partial charge in [0.15, 0.2) is 0 Å². The summed E-state index contributed by atoms with van der Waals surface area (Å²) in [5.41, 5.74) is 2.10. The van der Waals surface area contributed by atoms with E-state index < -0.39 is 0 Å². The second-order valence-electron chi connectivity index (χ2n) is 5.08. The van der Waals surface area contributed by atoms with E-state index >= 15 is 0 Å². The Hall–Kier alpha value is -2.64. The van der Waals surface area contributed by atoms with Crippen LogP contribution in [0.1, 0.15) is 26.6 Å². The van der Waals surface area contributed by atoms with Gasteiger partial charge in [-0.1, -0.05) is 12.1 Å². The summed E-state index contributed by atoms with van der Waals surface area (Å²) in [5.74, 6) is -0.672. The maximum Gasteiger partial charge on any atom is 0.275 e. The van der Waals surface area contributed by atoms with Crippen LogP contribution in [0.4, 0.5) is 10.1 Å². The molecule has 5 nitrogen and oxygen atoms in total. The van der Waals surface area contributed by atoms with Crippen LogP contribution in [0.15, 0.2) is 48.1 Å². The van der Waals surface area contributed by atoms with Crippen molar-refractivity contribution in [2.45, 2.75) is 13.0 Å². The van der Waals surface area contributed by atoms with Gasteiger partial charge < -0.3 is 10.4 Å². The fourth-order valence-electron chi connectivity index (χ4n) is 2.18. The first kappa shape index (κ1) is 16.2. The van der Waals surface area contributed by atoms with Crippen LogP contribution in [0.25, 0.3) is 0 Å². The second-order valence-corrected chi connectivity index (χ2v) is 6.02. The molecule has 0 aliphatic carbocycles. The molecular formula is C17H14FN3O2S. The van der Waals surface area contributed by atoms with Crippen LogP contribution in [0.2, 0.25) is 0 Å². The average Bonchev–Trinajstić information content (AvgIpc) is 3.04. The van der Waals surface area contributed by atoms with Crippen molar-refractivity contribution < 1.29 is 14.3 Å². The van der Waals surface area contributed by atoms with Gasteiger partial charge >= 0.3 is 0 Å². The number of rotatable bonds is 5. The van der Waals surface area contributed by atoms with Crippen LogP contribution in [-0.4, -0.2) is 21.0 Å². The van der Waals surface area contributed by atoms with E-state index in [2.05, 4.69) is 15.3 Å². The highest BCUT2D eigenvalue weighted by Crippen LogP contribution is 2.18. The molecule has 0 radical (unpaired) electrons. The van der Waals surface area contributed by atoms with Crippen molar-refractivity contribution in [3.63, 3.8) is 0 Å². The summed E-state index contributed by atoms with van der Waals surface area (Å²) >= 11 is 1.34. The molecule has 0 bridgehead atoms. The fourth-order valence-corrected chi connectivity index (χ4v) is 2.99. The summed E-state index contributed by atoms with van der Waals surface area (Å²) < 4.78 is 13.2. The Morgan fingerprint density at radius 2 is 2.21 bits per heavy atom. The molecule has 0 saturated heterocycles. The number of benzene rings is 1. The van der Waals surface area contributed by atoms with Crippen molar-refractivity contribution in [2.24, 2.45) is 0 Å². The van der Waals surface area contributed by atoms with Gasteiger partial charge in [0.2, 0.25) is 0 Å². The van der Waals surface area contributed by atoms with Crippen molar-refractivity contribution in [2.75, 3.05) is 5.32 Å². The number of carbonyl (C=O) groups excluding carboxylic acids is 1. The van der Waals surface area contributed by atoms with Gasteiger partial charge in [0.1, 0.15) is 11.5 Å². The van der Waals surface area contributed by atoms with Crippen LogP contribution < -0.4 is 5.32 Å². The number of amides is 1. The van der Waals surface area contributed by atoms with Gasteiger partial charge in [-0.05, 0) is 23.8 Å². The molecule has 3 aromatic rings. The SMILES string of the molecule is O=C(Nc1cnccc1CO)c1csc(Cc2cccc(F)c2)n1. The Morgan fingerprint density at radius 3 is 3.00 bits per heavy atom. The van der Waals surface area contributed by atoms with E-state index in [1.165, 1.54) is 29.7 Å². The number of hydrogen-bond acceptors (Lipinski definition) is 5. The van der Waals surface area contributed by atoms with E-state index in [0.29, 0.717) is 17.7 Å². The lowest BCUT2D eigenvalue weighted by Crippen LogP contribution is -2.14. The molecule has 0 saturated carbocycles. The summed E-state index contributed by atoms with van der Waals surface area (Å²) in [7, 11) is 0. The number of nitrogens with zero attached hydrogens (tertiary/aromatic N) is 2. The van der Waals surface area contributed by atoms with Gasteiger partial charge in [0.05, 0.1) is 23.5 Å². The summed E-state index contributed by atoms with van der Waals surface area (Å²) in [6.45, 7) is -0.194. The number of aliphatic hydroxyl groups is 1. The lowest BCUT2D eigenvalue weighted by Gasteiger charge is -2.07. The molecule has 24 heavy (non-hydrogen) atoms. The normalized spacial score (nSPS) is 10.6. The quantitative estimate of drug-likeness (QED) is 0.747. The number of aromatic nitrogens is 2. The minimum Gasteiger partial charge on any atom is -0.392 e. The number of hydrogen-bond donors (Lipinski definition) is 2. The van der Waals surface area contributed by atoms with E-state index in [-0.39, 0.29) is 24.0 Å². The zero-order valence-corrected chi connectivity index (χ0v) is 13.4. The van der Waals surface area contributed by atoms with Crippen LogP contribution in [0.3, 0.4) is 0 Å². The van der Waals surface area contributed by atoms with Gasteiger partial charge in [0, 0.05) is 23.6 Å². The molecule has 3 rings (SSSR count). The molecule has 1 amide bonds. The predicted molar refractivity (Wildman–Crippen MR) is 89.4 cm³/mol. The number of aliphatic hydroxyl groups excluding tert-OH is 1. The molecule has 0 unspecified atom stereocenters. The summed E-state index contributed by atoms with van der Waals surface area (Å²) in [5, 5.41) is 14.3. The highest BCUT2D eigenvalue weighted by Gasteiger charge is 2.13. The number of anilines is 1. The van der Waals surface area contributed by atoms with Crippen molar-refractivity contribution in [1.29, 1.82) is 0 Å². The molecule has 2 N–H and O–H groups in total. The minimum atomic E-state index is -0.376. The Kier molecular flexibility index (Phi) is 4.93. The Labute approximate surface area is 141 Å². The third-order valence-electron chi connectivity index (χ3n) is 3.36. The Bertz CT molecular complexity index is 866. The highest BCUT2D eigenvalue weighted by atomic mass is 32.1. The number of carbonyl (C=O) groups is 1. The van der Waals surface area contributed by atoms with Gasteiger partial charge in [-0.25, -0.2) is 9.37 Å². The molecule has 0 aliphatic heterocycles. The Balaban J connectivity index is 1.72. The molecular weight excluding hydrogens is 329 g/mol. The monoisotopic (exact) mass is 343 g/mol. The average molecular weight is 343 g/mol. The third-order valence-corrected chi connectivity index (χ3v) is 4.21. The molecule has 122 valence electrons. The standard InChI is InChI=1S/C17H14FN3O2S/c18-13-3-1-2-11(6-13)7-16-20-15(10-24-16)17(23)21-14-8-19-5-4-12(14)9-22/h1-6,8,10,22H,7,9H2,(H,21,23). The predicted octanol–water partition coefficient (Wildman–Crippen LogP) is 3.01. The van der Waals surface area contributed by atoms with Crippen molar-refractivity contribution in [1.82, 2.24) is 9.97 Å². The third kappa shape index (κ3) is 3.81. The Morgan fingerprint density at radius 1 is 1.33 bits per heavy atom. The maximum absolute atomic E-state index is 13.2. The smallest absolute Gasteiger partial charge is 0.275 e. The maximum atomic E-state index is 13.2. The molecule has 7 heteroatoms. The molecule has 2 aromatic heterocycles. The van der Waals surface area contributed by atoms with Gasteiger partial charge in [0.25, 0.3) is 5.91 Å². The van der Waals surface area contributed by atoms with Gasteiger partial charge in [-0.15, -0.1) is 11.3 Å².